The highest BCUT2D eigenvalue weighted by molar-refractivity contribution is 7.08. The molecule has 0 radical (unpaired) electrons. The average molecular weight is 362 g/mol. The fourth-order valence-electron chi connectivity index (χ4n) is 1.91. The highest BCUT2D eigenvalue weighted by atomic mass is 35.5. The number of aromatic nitrogens is 1. The van der Waals surface area contributed by atoms with E-state index in [0.29, 0.717) is 12.1 Å². The van der Waals surface area contributed by atoms with Crippen LogP contribution in [0.25, 0.3) is 11.3 Å². The number of amides is 1. The SMILES string of the molecule is CCNCCNC(=O)c1ccc(-c2ccsc2)nc1C.Cl.Cl. The second-order valence-electron chi connectivity index (χ2n) is 4.45. The molecule has 0 saturated carbocycles. The molecular formula is C15H21Cl2N3OS. The van der Waals surface area contributed by atoms with E-state index in [1.54, 1.807) is 11.3 Å². The van der Waals surface area contributed by atoms with Gasteiger partial charge in [-0.15, -0.1) is 24.8 Å². The largest absolute Gasteiger partial charge is 0.351 e. The number of aryl methyl sites for hydroxylation is 1. The monoisotopic (exact) mass is 361 g/mol. The fourth-order valence-corrected chi connectivity index (χ4v) is 2.56. The van der Waals surface area contributed by atoms with Crippen molar-refractivity contribution < 1.29 is 4.79 Å². The number of nitrogens with one attached hydrogen (secondary N) is 2. The Morgan fingerprint density at radius 2 is 2.00 bits per heavy atom. The van der Waals surface area contributed by atoms with Gasteiger partial charge in [0.05, 0.1) is 17.0 Å². The minimum absolute atomic E-state index is 0. The molecule has 4 nitrogen and oxygen atoms in total. The van der Waals surface area contributed by atoms with E-state index in [9.17, 15) is 4.79 Å². The fraction of sp³-hybridized carbons (Fsp3) is 0.333. The molecule has 0 spiro atoms. The molecule has 0 aliphatic carbocycles. The maximum Gasteiger partial charge on any atom is 0.253 e. The Morgan fingerprint density at radius 3 is 2.59 bits per heavy atom. The molecule has 2 aromatic heterocycles. The molecular weight excluding hydrogens is 341 g/mol. The van der Waals surface area contributed by atoms with E-state index in [0.717, 1.165) is 30.0 Å². The van der Waals surface area contributed by atoms with Crippen LogP contribution in [0.5, 0.6) is 0 Å². The maximum atomic E-state index is 12.0. The molecule has 0 bridgehead atoms. The smallest absolute Gasteiger partial charge is 0.253 e. The summed E-state index contributed by atoms with van der Waals surface area (Å²) in [7, 11) is 0. The van der Waals surface area contributed by atoms with Crippen LogP contribution in [0.3, 0.4) is 0 Å². The summed E-state index contributed by atoms with van der Waals surface area (Å²) in [5.41, 5.74) is 3.40. The molecule has 1 amide bonds. The van der Waals surface area contributed by atoms with Gasteiger partial charge in [0.1, 0.15) is 0 Å². The molecule has 2 aromatic rings. The molecule has 0 atom stereocenters. The third-order valence-corrected chi connectivity index (χ3v) is 3.67. The number of hydrogen-bond donors (Lipinski definition) is 2. The van der Waals surface area contributed by atoms with Crippen molar-refractivity contribution in [1.29, 1.82) is 0 Å². The zero-order chi connectivity index (χ0) is 14.4. The van der Waals surface area contributed by atoms with Crippen LogP contribution >= 0.6 is 36.2 Å². The van der Waals surface area contributed by atoms with Crippen LogP contribution in [0.1, 0.15) is 23.0 Å². The van der Waals surface area contributed by atoms with E-state index in [1.807, 2.05) is 37.4 Å². The number of nitrogens with zero attached hydrogens (tertiary/aromatic N) is 1. The molecule has 0 aliphatic heterocycles. The zero-order valence-electron chi connectivity index (χ0n) is 12.6. The molecule has 122 valence electrons. The first-order valence-electron chi connectivity index (χ1n) is 6.71. The number of halogens is 2. The third kappa shape index (κ3) is 5.57. The van der Waals surface area contributed by atoms with Gasteiger partial charge in [0, 0.05) is 24.0 Å². The molecule has 22 heavy (non-hydrogen) atoms. The van der Waals surface area contributed by atoms with Gasteiger partial charge in [0.2, 0.25) is 0 Å². The van der Waals surface area contributed by atoms with Crippen molar-refractivity contribution in [1.82, 2.24) is 15.6 Å². The summed E-state index contributed by atoms with van der Waals surface area (Å²) in [4.78, 5) is 16.6. The Kier molecular flexibility index (Phi) is 10.0. The van der Waals surface area contributed by atoms with Gasteiger partial charge < -0.3 is 10.6 Å². The molecule has 0 fully saturated rings. The third-order valence-electron chi connectivity index (χ3n) is 2.98. The second kappa shape index (κ2) is 10.6. The lowest BCUT2D eigenvalue weighted by atomic mass is 10.1. The molecule has 7 heteroatoms. The number of carbonyl (C=O) groups is 1. The Bertz CT molecular complexity index is 576. The average Bonchev–Trinajstić information content (AvgIpc) is 2.97. The Labute approximate surface area is 147 Å². The van der Waals surface area contributed by atoms with Crippen LogP contribution in [-0.4, -0.2) is 30.5 Å². The lowest BCUT2D eigenvalue weighted by Crippen LogP contribution is -2.32. The van der Waals surface area contributed by atoms with E-state index in [2.05, 4.69) is 21.0 Å². The molecule has 0 aromatic carbocycles. The highest BCUT2D eigenvalue weighted by Crippen LogP contribution is 2.21. The van der Waals surface area contributed by atoms with Gasteiger partial charge in [-0.1, -0.05) is 6.92 Å². The summed E-state index contributed by atoms with van der Waals surface area (Å²) in [5.74, 6) is -0.0650. The van der Waals surface area contributed by atoms with Crippen LogP contribution in [0.4, 0.5) is 0 Å². The molecule has 0 unspecified atom stereocenters. The Hall–Kier alpha value is -1.14. The molecule has 2 rings (SSSR count). The maximum absolute atomic E-state index is 12.0. The van der Waals surface area contributed by atoms with Crippen LogP contribution in [0, 0.1) is 6.92 Å². The minimum atomic E-state index is -0.0650. The van der Waals surface area contributed by atoms with E-state index in [-0.39, 0.29) is 30.7 Å². The van der Waals surface area contributed by atoms with Crippen molar-refractivity contribution in [3.8, 4) is 11.3 Å². The molecule has 2 N–H and O–H groups in total. The second-order valence-corrected chi connectivity index (χ2v) is 5.23. The van der Waals surface area contributed by atoms with E-state index < -0.39 is 0 Å². The Balaban J connectivity index is 0.00000220. The van der Waals surface area contributed by atoms with Gasteiger partial charge in [-0.25, -0.2) is 0 Å². The first-order chi connectivity index (χ1) is 9.72. The van der Waals surface area contributed by atoms with Gasteiger partial charge in [-0.05, 0) is 37.0 Å². The minimum Gasteiger partial charge on any atom is -0.351 e. The van der Waals surface area contributed by atoms with Crippen molar-refractivity contribution in [2.75, 3.05) is 19.6 Å². The topological polar surface area (TPSA) is 54.0 Å². The summed E-state index contributed by atoms with van der Waals surface area (Å²) in [6.07, 6.45) is 0. The van der Waals surface area contributed by atoms with Crippen LogP contribution in [0.2, 0.25) is 0 Å². The predicted molar refractivity (Wildman–Crippen MR) is 97.7 cm³/mol. The van der Waals surface area contributed by atoms with Gasteiger partial charge in [-0.3, -0.25) is 9.78 Å². The predicted octanol–water partition coefficient (Wildman–Crippen LogP) is 3.30. The van der Waals surface area contributed by atoms with Gasteiger partial charge >= 0.3 is 0 Å². The summed E-state index contributed by atoms with van der Waals surface area (Å²) in [6.45, 7) is 6.22. The van der Waals surface area contributed by atoms with Gasteiger partial charge in [-0.2, -0.15) is 11.3 Å². The normalized spacial score (nSPS) is 9.55. The quantitative estimate of drug-likeness (QED) is 0.776. The summed E-state index contributed by atoms with van der Waals surface area (Å²) in [6, 6.07) is 5.77. The van der Waals surface area contributed by atoms with E-state index >= 15 is 0 Å². The van der Waals surface area contributed by atoms with Crippen molar-refractivity contribution in [3.63, 3.8) is 0 Å². The number of rotatable bonds is 6. The van der Waals surface area contributed by atoms with Crippen LogP contribution in [0.15, 0.2) is 29.0 Å². The summed E-state index contributed by atoms with van der Waals surface area (Å²) in [5, 5.41) is 10.1. The number of hydrogen-bond acceptors (Lipinski definition) is 4. The standard InChI is InChI=1S/C15H19N3OS.2ClH/c1-3-16-7-8-17-15(19)13-4-5-14(18-11(13)2)12-6-9-20-10-12;;/h4-6,9-10,16H,3,7-8H2,1-2H3,(H,17,19);2*1H. The number of carbonyl (C=O) groups excluding carboxylic acids is 1. The molecule has 0 saturated heterocycles. The number of thiophene rings is 1. The van der Waals surface area contributed by atoms with Crippen molar-refractivity contribution >= 4 is 42.1 Å². The van der Waals surface area contributed by atoms with Crippen LogP contribution < -0.4 is 10.6 Å². The summed E-state index contributed by atoms with van der Waals surface area (Å²) >= 11 is 1.64. The lowest BCUT2D eigenvalue weighted by Gasteiger charge is -2.08. The van der Waals surface area contributed by atoms with Crippen molar-refractivity contribution in [2.24, 2.45) is 0 Å². The number of likely N-dealkylation sites (N-methyl/N-ethyl adjacent to an activating group) is 1. The molecule has 0 aliphatic rings. The zero-order valence-corrected chi connectivity index (χ0v) is 15.0. The van der Waals surface area contributed by atoms with Gasteiger partial charge in [0.25, 0.3) is 5.91 Å². The van der Waals surface area contributed by atoms with Crippen molar-refractivity contribution in [3.05, 3.63) is 40.2 Å². The molecule has 2 heterocycles. The Morgan fingerprint density at radius 1 is 1.23 bits per heavy atom. The highest BCUT2D eigenvalue weighted by Gasteiger charge is 2.10. The lowest BCUT2D eigenvalue weighted by molar-refractivity contribution is 0.0953. The number of pyridine rings is 1. The van der Waals surface area contributed by atoms with Gasteiger partial charge in [0.15, 0.2) is 0 Å². The van der Waals surface area contributed by atoms with E-state index in [1.165, 1.54) is 0 Å². The van der Waals surface area contributed by atoms with E-state index in [4.69, 9.17) is 0 Å². The first kappa shape index (κ1) is 20.9. The van der Waals surface area contributed by atoms with Crippen LogP contribution in [-0.2, 0) is 0 Å². The van der Waals surface area contributed by atoms with Crippen molar-refractivity contribution in [2.45, 2.75) is 13.8 Å². The summed E-state index contributed by atoms with van der Waals surface area (Å²) < 4.78 is 0. The first-order valence-corrected chi connectivity index (χ1v) is 7.65.